The number of hydrogen-bond acceptors (Lipinski definition) is 5. The fourth-order valence-electron chi connectivity index (χ4n) is 2.50. The number of aromatic nitrogens is 1. The lowest BCUT2D eigenvalue weighted by atomic mass is 9.95. The van der Waals surface area contributed by atoms with Crippen molar-refractivity contribution in [3.05, 3.63) is 53.7 Å². The van der Waals surface area contributed by atoms with Gasteiger partial charge < -0.3 is 15.0 Å². The molecule has 3 rings (SSSR count). The van der Waals surface area contributed by atoms with E-state index in [2.05, 4.69) is 41.3 Å². The summed E-state index contributed by atoms with van der Waals surface area (Å²) in [7, 11) is 1.67. The first-order valence-electron chi connectivity index (χ1n) is 7.53. The van der Waals surface area contributed by atoms with Gasteiger partial charge in [-0.05, 0) is 34.7 Å². The number of amidine groups is 1. The van der Waals surface area contributed by atoms with Crippen LogP contribution in [0.1, 0.15) is 24.1 Å². The van der Waals surface area contributed by atoms with Gasteiger partial charge in [-0.25, -0.2) is 0 Å². The molecule has 0 bridgehead atoms. The lowest BCUT2D eigenvalue weighted by Crippen LogP contribution is -2.03. The fraction of sp³-hybridized carbons (Fsp3) is 0.222. The molecule has 1 heterocycles. The molecule has 0 saturated carbocycles. The van der Waals surface area contributed by atoms with Gasteiger partial charge in [0, 0.05) is 12.0 Å². The summed E-state index contributed by atoms with van der Waals surface area (Å²) in [6, 6.07) is 14.2. The Labute approximate surface area is 144 Å². The number of nitrogens with zero attached hydrogens (tertiary/aromatic N) is 2. The zero-order chi connectivity index (χ0) is 17.1. The van der Waals surface area contributed by atoms with E-state index in [1.807, 2.05) is 24.5 Å². The second-order valence-corrected chi connectivity index (χ2v) is 6.26. The summed E-state index contributed by atoms with van der Waals surface area (Å²) in [5, 5.41) is 6.87. The van der Waals surface area contributed by atoms with Crippen molar-refractivity contribution in [1.29, 1.82) is 0 Å². The Kier molecular flexibility index (Phi) is 4.76. The smallest absolute Gasteiger partial charge is 0.253 e. The number of fused-ring (bicyclic) bond motifs is 1. The van der Waals surface area contributed by atoms with E-state index in [-0.39, 0.29) is 5.92 Å². The van der Waals surface area contributed by atoms with E-state index < -0.39 is 0 Å². The van der Waals surface area contributed by atoms with Crippen molar-refractivity contribution in [3.8, 4) is 5.75 Å². The van der Waals surface area contributed by atoms with Crippen LogP contribution < -0.4 is 10.5 Å². The first-order valence-corrected chi connectivity index (χ1v) is 8.75. The van der Waals surface area contributed by atoms with Gasteiger partial charge in [-0.3, -0.25) is 0 Å². The molecule has 1 atom stereocenters. The molecule has 6 heteroatoms. The third-order valence-electron chi connectivity index (χ3n) is 3.96. The summed E-state index contributed by atoms with van der Waals surface area (Å²) in [4.78, 5) is 4.16. The molecule has 5 nitrogen and oxygen atoms in total. The van der Waals surface area contributed by atoms with E-state index in [0.717, 1.165) is 27.8 Å². The topological polar surface area (TPSA) is 73.6 Å². The molecule has 124 valence electrons. The third kappa shape index (κ3) is 3.38. The molecule has 1 aromatic heterocycles. The van der Waals surface area contributed by atoms with Crippen molar-refractivity contribution in [2.24, 2.45) is 10.7 Å². The van der Waals surface area contributed by atoms with Gasteiger partial charge in [0.25, 0.3) is 5.88 Å². The molecule has 24 heavy (non-hydrogen) atoms. The number of benzene rings is 2. The molecule has 0 amide bonds. The van der Waals surface area contributed by atoms with Crippen molar-refractivity contribution < 1.29 is 9.26 Å². The first-order chi connectivity index (χ1) is 11.6. The minimum atomic E-state index is 0.0969. The van der Waals surface area contributed by atoms with Crippen molar-refractivity contribution in [2.75, 3.05) is 13.4 Å². The molecule has 2 aromatic carbocycles. The summed E-state index contributed by atoms with van der Waals surface area (Å²) in [5.41, 5.74) is 7.69. The minimum absolute atomic E-state index is 0.0969. The summed E-state index contributed by atoms with van der Waals surface area (Å²) in [6.07, 6.45) is 1.86. The van der Waals surface area contributed by atoms with Crippen LogP contribution in [-0.4, -0.2) is 23.7 Å². The second kappa shape index (κ2) is 6.97. The van der Waals surface area contributed by atoms with Gasteiger partial charge in [0.2, 0.25) is 0 Å². The van der Waals surface area contributed by atoms with E-state index in [1.54, 1.807) is 7.11 Å². The van der Waals surface area contributed by atoms with E-state index >= 15 is 0 Å². The van der Waals surface area contributed by atoms with Gasteiger partial charge >= 0.3 is 0 Å². The van der Waals surface area contributed by atoms with Crippen LogP contribution in [0.2, 0.25) is 0 Å². The maximum Gasteiger partial charge on any atom is 0.253 e. The third-order valence-corrected chi connectivity index (χ3v) is 4.47. The average molecular weight is 341 g/mol. The van der Waals surface area contributed by atoms with E-state index in [0.29, 0.717) is 11.1 Å². The lowest BCUT2D eigenvalue weighted by molar-refractivity contribution is 0.415. The predicted octanol–water partition coefficient (Wildman–Crippen LogP) is 4.30. The van der Waals surface area contributed by atoms with E-state index in [1.165, 1.54) is 11.8 Å². The Morgan fingerprint density at radius 1 is 1.21 bits per heavy atom. The summed E-state index contributed by atoms with van der Waals surface area (Å²) in [5.74, 6) is 1.38. The largest absolute Gasteiger partial charge is 0.497 e. The maximum atomic E-state index is 5.70. The summed E-state index contributed by atoms with van der Waals surface area (Å²) < 4.78 is 10.5. The number of hydrogen-bond donors (Lipinski definition) is 1. The monoisotopic (exact) mass is 341 g/mol. The number of thioether (sulfide) groups is 1. The van der Waals surface area contributed by atoms with Gasteiger partial charge in [0.15, 0.2) is 5.17 Å². The Bertz CT molecular complexity index is 889. The highest BCUT2D eigenvalue weighted by Gasteiger charge is 2.14. The molecular formula is C18H19N3O2S. The van der Waals surface area contributed by atoms with Gasteiger partial charge in [0.1, 0.15) is 5.75 Å². The molecule has 0 radical (unpaired) electrons. The predicted molar refractivity (Wildman–Crippen MR) is 99.3 cm³/mol. The van der Waals surface area contributed by atoms with Crippen LogP contribution in [0.5, 0.6) is 5.75 Å². The average Bonchev–Trinajstić information content (AvgIpc) is 3.08. The fourth-order valence-corrected chi connectivity index (χ4v) is 2.68. The van der Waals surface area contributed by atoms with Gasteiger partial charge in [-0.1, -0.05) is 48.1 Å². The van der Waals surface area contributed by atoms with Gasteiger partial charge in [-0.2, -0.15) is 4.99 Å². The molecular weight excluding hydrogens is 322 g/mol. The zero-order valence-electron chi connectivity index (χ0n) is 13.8. The van der Waals surface area contributed by atoms with Crippen LogP contribution in [0, 0.1) is 0 Å². The zero-order valence-corrected chi connectivity index (χ0v) is 14.6. The molecule has 0 aliphatic carbocycles. The minimum Gasteiger partial charge on any atom is -0.497 e. The Hall–Kier alpha value is -2.47. The summed E-state index contributed by atoms with van der Waals surface area (Å²) >= 11 is 1.37. The van der Waals surface area contributed by atoms with Crippen molar-refractivity contribution in [3.63, 3.8) is 0 Å². The molecule has 0 saturated heterocycles. The number of methoxy groups -OCH3 is 1. The molecule has 0 fully saturated rings. The maximum absolute atomic E-state index is 5.70. The van der Waals surface area contributed by atoms with E-state index in [4.69, 9.17) is 15.0 Å². The normalized spacial score (nSPS) is 13.2. The number of nitrogens with two attached hydrogens (primary N) is 1. The Morgan fingerprint density at radius 3 is 2.71 bits per heavy atom. The Balaban J connectivity index is 1.89. The lowest BCUT2D eigenvalue weighted by Gasteiger charge is -2.10. The van der Waals surface area contributed by atoms with Crippen molar-refractivity contribution >= 4 is 33.6 Å². The standard InChI is InChI=1S/C18H19N3O2S/c1-11(16-10-17(23-21-16)20-18(19)24-3)12-4-5-14-9-15(22-2)7-6-13(14)8-12/h4-11H,1-3H3,(H2,19,20). The van der Waals surface area contributed by atoms with Crippen LogP contribution in [-0.2, 0) is 0 Å². The van der Waals surface area contributed by atoms with Crippen molar-refractivity contribution in [1.82, 2.24) is 5.16 Å². The van der Waals surface area contributed by atoms with Gasteiger partial charge in [0.05, 0.1) is 12.8 Å². The highest BCUT2D eigenvalue weighted by Crippen LogP contribution is 2.30. The Morgan fingerprint density at radius 2 is 1.96 bits per heavy atom. The molecule has 1 unspecified atom stereocenters. The summed E-state index contributed by atoms with van der Waals surface area (Å²) in [6.45, 7) is 2.09. The molecule has 0 aliphatic heterocycles. The molecule has 2 N–H and O–H groups in total. The van der Waals surface area contributed by atoms with Crippen molar-refractivity contribution in [2.45, 2.75) is 12.8 Å². The van der Waals surface area contributed by atoms with Crippen LogP contribution in [0.25, 0.3) is 10.8 Å². The first kappa shape index (κ1) is 16.4. The highest BCUT2D eigenvalue weighted by molar-refractivity contribution is 8.13. The molecule has 0 aliphatic rings. The van der Waals surface area contributed by atoms with Gasteiger partial charge in [-0.15, -0.1) is 0 Å². The van der Waals surface area contributed by atoms with Crippen LogP contribution in [0.15, 0.2) is 52.0 Å². The van der Waals surface area contributed by atoms with Crippen LogP contribution in [0.4, 0.5) is 5.88 Å². The SMILES string of the molecule is COc1ccc2cc(C(C)c3cc(N=C(N)SC)on3)ccc2c1. The molecule has 3 aromatic rings. The van der Waals surface area contributed by atoms with E-state index in [9.17, 15) is 0 Å². The highest BCUT2D eigenvalue weighted by atomic mass is 32.2. The number of ether oxygens (including phenoxy) is 1. The number of rotatable bonds is 4. The van der Waals surface area contributed by atoms with Crippen LogP contribution >= 0.6 is 11.8 Å². The molecule has 0 spiro atoms. The second-order valence-electron chi connectivity index (χ2n) is 5.44. The van der Waals surface area contributed by atoms with Crippen LogP contribution in [0.3, 0.4) is 0 Å². The number of aliphatic imine (C=N–C) groups is 1. The quantitative estimate of drug-likeness (QED) is 0.566.